The van der Waals surface area contributed by atoms with Crippen LogP contribution in [0.4, 0.5) is 0 Å². The van der Waals surface area contributed by atoms with Crippen LogP contribution in [0.2, 0.25) is 5.02 Å². The number of benzene rings is 2. The molecule has 1 heterocycles. The van der Waals surface area contributed by atoms with Gasteiger partial charge in [-0.2, -0.15) is 0 Å². The number of hydrogen-bond acceptors (Lipinski definition) is 1. The van der Waals surface area contributed by atoms with E-state index >= 15 is 0 Å². The Balaban J connectivity index is 1.64. The van der Waals surface area contributed by atoms with Gasteiger partial charge in [0.2, 0.25) is 0 Å². The second-order valence-corrected chi connectivity index (χ2v) is 6.15. The van der Waals surface area contributed by atoms with Crippen molar-refractivity contribution in [1.82, 2.24) is 4.90 Å². The molecule has 0 aliphatic carbocycles. The topological polar surface area (TPSA) is 3.24 Å². The van der Waals surface area contributed by atoms with Gasteiger partial charge in [0.15, 0.2) is 0 Å². The highest BCUT2D eigenvalue weighted by Gasteiger charge is 2.21. The molecule has 0 aromatic heterocycles. The van der Waals surface area contributed by atoms with Crippen LogP contribution >= 0.6 is 11.6 Å². The lowest BCUT2D eigenvalue weighted by atomic mass is 9.91. The van der Waals surface area contributed by atoms with Crippen molar-refractivity contribution in [3.05, 3.63) is 70.2 Å². The Morgan fingerprint density at radius 2 is 1.85 bits per heavy atom. The maximum Gasteiger partial charge on any atom is 0.0406 e. The lowest BCUT2D eigenvalue weighted by Crippen LogP contribution is -2.34. The fourth-order valence-corrected chi connectivity index (χ4v) is 3.18. The summed E-state index contributed by atoms with van der Waals surface area (Å²) in [5, 5.41) is 0.814. The van der Waals surface area contributed by atoms with Crippen molar-refractivity contribution < 1.29 is 0 Å². The van der Waals surface area contributed by atoms with Gasteiger partial charge in [-0.1, -0.05) is 54.9 Å². The molecule has 0 N–H and O–H groups in total. The van der Waals surface area contributed by atoms with Gasteiger partial charge in [0, 0.05) is 24.7 Å². The van der Waals surface area contributed by atoms with E-state index in [1.54, 1.807) is 0 Å². The molecule has 1 atom stereocenters. The number of nitrogens with zero attached hydrogens (tertiary/aromatic N) is 1. The minimum absolute atomic E-state index is 0.630. The standard InChI is InChI=1S/C18H20ClN/c1-14-12-20(13-16-4-2-3-5-18(14)16)11-10-15-6-8-17(19)9-7-15/h2-9,14H,10-13H2,1H3. The second kappa shape index (κ2) is 5.99. The number of halogens is 1. The van der Waals surface area contributed by atoms with Gasteiger partial charge in [0.1, 0.15) is 0 Å². The predicted octanol–water partition coefficient (Wildman–Crippen LogP) is 4.50. The summed E-state index contributed by atoms with van der Waals surface area (Å²) in [5.41, 5.74) is 4.37. The first-order valence-electron chi connectivity index (χ1n) is 7.27. The van der Waals surface area contributed by atoms with Gasteiger partial charge in [-0.15, -0.1) is 0 Å². The van der Waals surface area contributed by atoms with Crippen molar-refractivity contribution in [1.29, 1.82) is 0 Å². The summed E-state index contributed by atoms with van der Waals surface area (Å²) in [6.45, 7) is 5.67. The van der Waals surface area contributed by atoms with Crippen LogP contribution in [0.15, 0.2) is 48.5 Å². The average molecular weight is 286 g/mol. The van der Waals surface area contributed by atoms with Crippen molar-refractivity contribution in [2.75, 3.05) is 13.1 Å². The Morgan fingerprint density at radius 1 is 1.10 bits per heavy atom. The Labute approximate surface area is 126 Å². The van der Waals surface area contributed by atoms with Crippen molar-refractivity contribution in [2.45, 2.75) is 25.8 Å². The lowest BCUT2D eigenvalue weighted by Gasteiger charge is -2.33. The molecule has 20 heavy (non-hydrogen) atoms. The summed E-state index contributed by atoms with van der Waals surface area (Å²) in [5.74, 6) is 0.630. The Morgan fingerprint density at radius 3 is 2.65 bits per heavy atom. The first-order chi connectivity index (χ1) is 9.72. The molecule has 2 heteroatoms. The molecule has 1 aliphatic heterocycles. The van der Waals surface area contributed by atoms with Crippen molar-refractivity contribution in [2.24, 2.45) is 0 Å². The highest BCUT2D eigenvalue weighted by atomic mass is 35.5. The third-order valence-electron chi connectivity index (χ3n) is 4.14. The molecule has 1 aliphatic rings. The molecule has 1 unspecified atom stereocenters. The van der Waals surface area contributed by atoms with Gasteiger partial charge in [-0.25, -0.2) is 0 Å². The Bertz CT molecular complexity index is 576. The van der Waals surface area contributed by atoms with Gasteiger partial charge < -0.3 is 0 Å². The van der Waals surface area contributed by atoms with Crippen LogP contribution in [0.25, 0.3) is 0 Å². The number of hydrogen-bond donors (Lipinski definition) is 0. The summed E-state index contributed by atoms with van der Waals surface area (Å²) in [6, 6.07) is 17.0. The van der Waals surface area contributed by atoms with E-state index in [2.05, 4.69) is 48.2 Å². The zero-order valence-corrected chi connectivity index (χ0v) is 12.6. The van der Waals surface area contributed by atoms with Crippen LogP contribution < -0.4 is 0 Å². The van der Waals surface area contributed by atoms with E-state index < -0.39 is 0 Å². The molecular formula is C18H20ClN. The maximum atomic E-state index is 5.93. The lowest BCUT2D eigenvalue weighted by molar-refractivity contribution is 0.238. The van der Waals surface area contributed by atoms with Gasteiger partial charge in [-0.05, 0) is 41.2 Å². The first kappa shape index (κ1) is 13.7. The van der Waals surface area contributed by atoms with E-state index in [9.17, 15) is 0 Å². The molecule has 0 spiro atoms. The normalized spacial score (nSPS) is 18.8. The zero-order valence-electron chi connectivity index (χ0n) is 11.8. The molecule has 3 rings (SSSR count). The summed E-state index contributed by atoms with van der Waals surface area (Å²) in [7, 11) is 0. The summed E-state index contributed by atoms with van der Waals surface area (Å²) >= 11 is 5.93. The SMILES string of the molecule is CC1CN(CCc2ccc(Cl)cc2)Cc2ccccc21. The van der Waals surface area contributed by atoms with Gasteiger partial charge in [-0.3, -0.25) is 4.90 Å². The summed E-state index contributed by atoms with van der Waals surface area (Å²) < 4.78 is 0. The quantitative estimate of drug-likeness (QED) is 0.802. The van der Waals surface area contributed by atoms with Crippen LogP contribution in [-0.2, 0) is 13.0 Å². The molecule has 2 aromatic carbocycles. The molecule has 2 aromatic rings. The average Bonchev–Trinajstić information content (AvgIpc) is 2.47. The highest BCUT2D eigenvalue weighted by molar-refractivity contribution is 6.30. The van der Waals surface area contributed by atoms with Gasteiger partial charge in [0.05, 0.1) is 0 Å². The third kappa shape index (κ3) is 3.05. The molecule has 0 saturated heterocycles. The maximum absolute atomic E-state index is 5.93. The Hall–Kier alpha value is -1.31. The highest BCUT2D eigenvalue weighted by Crippen LogP contribution is 2.27. The summed E-state index contributed by atoms with van der Waals surface area (Å²) in [6.07, 6.45) is 1.09. The van der Waals surface area contributed by atoms with Crippen LogP contribution in [0, 0.1) is 0 Å². The number of rotatable bonds is 3. The van der Waals surface area contributed by atoms with Crippen molar-refractivity contribution in [3.63, 3.8) is 0 Å². The largest absolute Gasteiger partial charge is 0.298 e. The molecule has 0 fully saturated rings. The van der Waals surface area contributed by atoms with E-state index in [0.29, 0.717) is 5.92 Å². The van der Waals surface area contributed by atoms with E-state index in [1.165, 1.54) is 16.7 Å². The van der Waals surface area contributed by atoms with E-state index in [4.69, 9.17) is 11.6 Å². The van der Waals surface area contributed by atoms with Gasteiger partial charge >= 0.3 is 0 Å². The van der Waals surface area contributed by atoms with Crippen molar-refractivity contribution >= 4 is 11.6 Å². The van der Waals surface area contributed by atoms with Crippen LogP contribution in [0.1, 0.15) is 29.5 Å². The fraction of sp³-hybridized carbons (Fsp3) is 0.333. The number of fused-ring (bicyclic) bond motifs is 1. The minimum Gasteiger partial charge on any atom is -0.298 e. The van der Waals surface area contributed by atoms with E-state index in [0.717, 1.165) is 31.1 Å². The smallest absolute Gasteiger partial charge is 0.0406 e. The molecule has 0 radical (unpaired) electrons. The van der Waals surface area contributed by atoms with E-state index in [1.807, 2.05) is 12.1 Å². The second-order valence-electron chi connectivity index (χ2n) is 5.71. The first-order valence-corrected chi connectivity index (χ1v) is 7.65. The minimum atomic E-state index is 0.630. The van der Waals surface area contributed by atoms with Crippen LogP contribution in [-0.4, -0.2) is 18.0 Å². The third-order valence-corrected chi connectivity index (χ3v) is 4.39. The van der Waals surface area contributed by atoms with Crippen molar-refractivity contribution in [3.8, 4) is 0 Å². The monoisotopic (exact) mass is 285 g/mol. The predicted molar refractivity (Wildman–Crippen MR) is 85.3 cm³/mol. The Kier molecular flexibility index (Phi) is 4.09. The molecule has 1 nitrogen and oxygen atoms in total. The molecule has 104 valence electrons. The molecule has 0 saturated carbocycles. The molecule has 0 bridgehead atoms. The van der Waals surface area contributed by atoms with Crippen LogP contribution in [0.3, 0.4) is 0 Å². The van der Waals surface area contributed by atoms with E-state index in [-0.39, 0.29) is 0 Å². The zero-order chi connectivity index (χ0) is 13.9. The molecule has 0 amide bonds. The van der Waals surface area contributed by atoms with Crippen LogP contribution in [0.5, 0.6) is 0 Å². The van der Waals surface area contributed by atoms with Gasteiger partial charge in [0.25, 0.3) is 0 Å². The summed E-state index contributed by atoms with van der Waals surface area (Å²) in [4.78, 5) is 2.56. The molecular weight excluding hydrogens is 266 g/mol. The fourth-order valence-electron chi connectivity index (χ4n) is 3.06.